The Bertz CT molecular complexity index is 1530. The van der Waals surface area contributed by atoms with Gasteiger partial charge in [-0.1, -0.05) is 35.9 Å². The number of aliphatic carboxylic acids is 1. The average Bonchev–Trinajstić information content (AvgIpc) is 3.33. The number of nitrogens with zero attached hydrogens (tertiary/aromatic N) is 2. The molecule has 2 aliphatic carbocycles. The maximum atomic E-state index is 14.3. The number of hydrogen-bond donors (Lipinski definition) is 2. The number of aromatic hydroxyl groups is 1. The second kappa shape index (κ2) is 10.1. The second-order valence-electron chi connectivity index (χ2n) is 11.8. The van der Waals surface area contributed by atoms with Gasteiger partial charge in [0.2, 0.25) is 23.6 Å². The first-order valence-electron chi connectivity index (χ1n) is 14.2. The fourth-order valence-electron chi connectivity index (χ4n) is 7.77. The van der Waals surface area contributed by atoms with Crippen molar-refractivity contribution in [3.05, 3.63) is 65.7 Å². The number of hydrogen-bond acceptors (Lipinski definition) is 7. The fourth-order valence-corrected chi connectivity index (χ4v) is 7.77. The molecule has 2 N–H and O–H groups in total. The van der Waals surface area contributed by atoms with Crippen LogP contribution in [-0.4, -0.2) is 58.4 Å². The summed E-state index contributed by atoms with van der Waals surface area (Å²) in [5.41, 5.74) is 0.762. The first-order chi connectivity index (χ1) is 20.1. The van der Waals surface area contributed by atoms with Crippen LogP contribution in [0.1, 0.15) is 44.1 Å². The maximum Gasteiger partial charge on any atom is 0.303 e. The molecule has 0 aromatic heterocycles. The van der Waals surface area contributed by atoms with Gasteiger partial charge in [0.1, 0.15) is 0 Å². The van der Waals surface area contributed by atoms with Gasteiger partial charge in [0, 0.05) is 18.9 Å². The highest BCUT2D eigenvalue weighted by Crippen LogP contribution is 2.63. The minimum Gasteiger partial charge on any atom is -0.504 e. The molecule has 218 valence electrons. The van der Waals surface area contributed by atoms with Crippen LogP contribution in [0.25, 0.3) is 0 Å². The molecular weight excluding hydrogens is 540 g/mol. The van der Waals surface area contributed by atoms with Gasteiger partial charge in [0.15, 0.2) is 11.5 Å². The number of imide groups is 2. The van der Waals surface area contributed by atoms with Crippen LogP contribution in [0.15, 0.2) is 60.2 Å². The van der Waals surface area contributed by atoms with Gasteiger partial charge in [-0.3, -0.25) is 28.9 Å². The minimum atomic E-state index is -1.20. The van der Waals surface area contributed by atoms with Crippen molar-refractivity contribution in [1.29, 1.82) is 0 Å². The molecule has 4 aliphatic rings. The van der Waals surface area contributed by atoms with Gasteiger partial charge < -0.3 is 14.9 Å². The summed E-state index contributed by atoms with van der Waals surface area (Å²) in [6.07, 6.45) is 2.48. The van der Waals surface area contributed by atoms with Crippen molar-refractivity contribution in [3.63, 3.8) is 0 Å². The quantitative estimate of drug-likeness (QED) is 0.379. The van der Waals surface area contributed by atoms with Gasteiger partial charge in [0.05, 0.1) is 36.0 Å². The van der Waals surface area contributed by atoms with Gasteiger partial charge in [-0.2, -0.15) is 0 Å². The van der Waals surface area contributed by atoms with E-state index in [1.165, 1.54) is 23.0 Å². The monoisotopic (exact) mass is 572 g/mol. The molecule has 4 amide bonds. The molecular formula is C32H32N2O8. The number of ether oxygens (including phenoxy) is 1. The number of carbonyl (C=O) groups excluding carboxylic acids is 4. The first-order valence-corrected chi connectivity index (χ1v) is 14.2. The van der Waals surface area contributed by atoms with E-state index in [1.807, 2.05) is 6.08 Å². The van der Waals surface area contributed by atoms with Crippen molar-refractivity contribution in [2.24, 2.45) is 29.1 Å². The molecule has 2 saturated heterocycles. The van der Waals surface area contributed by atoms with E-state index in [-0.39, 0.29) is 60.9 Å². The Hall–Kier alpha value is -4.47. The molecule has 10 nitrogen and oxygen atoms in total. The zero-order valence-electron chi connectivity index (χ0n) is 23.4. The number of fused-ring (bicyclic) bond motifs is 4. The van der Waals surface area contributed by atoms with Crippen LogP contribution in [0.4, 0.5) is 5.69 Å². The van der Waals surface area contributed by atoms with Gasteiger partial charge in [-0.05, 0) is 61.9 Å². The lowest BCUT2D eigenvalue weighted by Gasteiger charge is -2.49. The number of phenolic OH excluding ortho intramolecular Hbond substituents is 1. The van der Waals surface area contributed by atoms with Crippen molar-refractivity contribution in [1.82, 2.24) is 4.90 Å². The Kier molecular flexibility index (Phi) is 6.67. The third kappa shape index (κ3) is 3.95. The molecule has 3 fully saturated rings. The van der Waals surface area contributed by atoms with Crippen LogP contribution in [0.2, 0.25) is 0 Å². The number of para-hydroxylation sites is 1. The van der Waals surface area contributed by atoms with Crippen molar-refractivity contribution in [3.8, 4) is 11.5 Å². The van der Waals surface area contributed by atoms with Crippen molar-refractivity contribution >= 4 is 35.3 Å². The van der Waals surface area contributed by atoms with E-state index >= 15 is 0 Å². The summed E-state index contributed by atoms with van der Waals surface area (Å²) < 4.78 is 5.39. The number of carboxylic acids is 1. The molecule has 2 aliphatic heterocycles. The maximum absolute atomic E-state index is 14.3. The van der Waals surface area contributed by atoms with E-state index in [0.717, 1.165) is 5.57 Å². The molecule has 6 atom stereocenters. The van der Waals surface area contributed by atoms with Gasteiger partial charge >= 0.3 is 5.97 Å². The number of likely N-dealkylation sites (tertiary alicyclic amines) is 1. The number of carbonyl (C=O) groups is 5. The summed E-state index contributed by atoms with van der Waals surface area (Å²) in [6, 6.07) is 13.6. The largest absolute Gasteiger partial charge is 0.504 e. The van der Waals surface area contributed by atoms with Crippen LogP contribution < -0.4 is 9.64 Å². The van der Waals surface area contributed by atoms with Gasteiger partial charge in [-0.25, -0.2) is 4.90 Å². The number of phenols is 1. The van der Waals surface area contributed by atoms with Crippen molar-refractivity contribution in [2.45, 2.75) is 38.5 Å². The summed E-state index contributed by atoms with van der Waals surface area (Å²) in [6.45, 7) is 1.83. The number of allylic oxidation sites excluding steroid dienone is 2. The second-order valence-corrected chi connectivity index (χ2v) is 11.8. The highest BCUT2D eigenvalue weighted by Gasteiger charge is 2.67. The van der Waals surface area contributed by atoms with Crippen molar-refractivity contribution in [2.75, 3.05) is 18.6 Å². The lowest BCUT2D eigenvalue weighted by atomic mass is 9.51. The Labute approximate surface area is 242 Å². The number of rotatable bonds is 7. The van der Waals surface area contributed by atoms with E-state index in [1.54, 1.807) is 49.4 Å². The highest BCUT2D eigenvalue weighted by molar-refractivity contribution is 6.24. The molecule has 2 heterocycles. The molecule has 6 unspecified atom stereocenters. The van der Waals surface area contributed by atoms with E-state index in [2.05, 4.69) is 0 Å². The summed E-state index contributed by atoms with van der Waals surface area (Å²) >= 11 is 0. The number of benzene rings is 2. The van der Waals surface area contributed by atoms with Crippen LogP contribution in [-0.2, 0) is 24.0 Å². The Balaban J connectivity index is 1.46. The number of carboxylic acid groups (broad SMARTS) is 1. The van der Waals surface area contributed by atoms with Crippen LogP contribution >= 0.6 is 0 Å². The number of amides is 4. The number of methoxy groups -OCH3 is 1. The van der Waals surface area contributed by atoms with Crippen LogP contribution in [0, 0.1) is 29.1 Å². The summed E-state index contributed by atoms with van der Waals surface area (Å²) in [4.78, 5) is 69.1. The van der Waals surface area contributed by atoms with E-state index in [0.29, 0.717) is 17.7 Å². The summed E-state index contributed by atoms with van der Waals surface area (Å²) in [7, 11) is 1.43. The highest BCUT2D eigenvalue weighted by atomic mass is 16.5. The fraction of sp³-hybridized carbons (Fsp3) is 0.406. The molecule has 0 spiro atoms. The minimum absolute atomic E-state index is 0.0257. The van der Waals surface area contributed by atoms with E-state index in [9.17, 15) is 29.1 Å². The van der Waals surface area contributed by atoms with Gasteiger partial charge in [0.25, 0.3) is 0 Å². The average molecular weight is 573 g/mol. The van der Waals surface area contributed by atoms with Crippen molar-refractivity contribution < 1.29 is 38.9 Å². The van der Waals surface area contributed by atoms with Gasteiger partial charge in [-0.15, -0.1) is 0 Å². The van der Waals surface area contributed by atoms with E-state index < -0.39 is 41.0 Å². The molecule has 42 heavy (non-hydrogen) atoms. The number of anilines is 1. The predicted octanol–water partition coefficient (Wildman–Crippen LogP) is 3.50. The Morgan fingerprint density at radius 2 is 1.76 bits per heavy atom. The lowest BCUT2D eigenvalue weighted by Crippen LogP contribution is -2.48. The molecule has 6 rings (SSSR count). The third-order valence-electron chi connectivity index (χ3n) is 9.69. The molecule has 2 aromatic rings. The van der Waals surface area contributed by atoms with Crippen LogP contribution in [0.3, 0.4) is 0 Å². The summed E-state index contributed by atoms with van der Waals surface area (Å²) in [5, 5.41) is 19.4. The van der Waals surface area contributed by atoms with Crippen LogP contribution in [0.5, 0.6) is 11.5 Å². The molecule has 10 heteroatoms. The van der Waals surface area contributed by atoms with E-state index in [4.69, 9.17) is 9.84 Å². The third-order valence-corrected chi connectivity index (χ3v) is 9.69. The normalized spacial score (nSPS) is 30.1. The molecule has 1 saturated carbocycles. The zero-order valence-corrected chi connectivity index (χ0v) is 23.4. The summed E-state index contributed by atoms with van der Waals surface area (Å²) in [5.74, 6) is -5.37. The predicted molar refractivity (Wildman–Crippen MR) is 149 cm³/mol. The molecule has 0 radical (unpaired) electrons. The lowest BCUT2D eigenvalue weighted by molar-refractivity contribution is -0.142. The Morgan fingerprint density at radius 3 is 2.45 bits per heavy atom. The Morgan fingerprint density at radius 1 is 1.02 bits per heavy atom. The smallest absolute Gasteiger partial charge is 0.303 e. The zero-order chi connectivity index (χ0) is 29.9. The molecule has 0 bridgehead atoms. The molecule has 2 aromatic carbocycles. The SMILES string of the molecule is COc1cc(C2C3=CCC4C(=O)N(CCCC(=O)O)C(=O)C4C3CC3C(=O)N(c4ccccc4)C(=O)C32C)ccc1O. The first kappa shape index (κ1) is 27.7. The topological polar surface area (TPSA) is 142 Å². The standard InChI is InChI=1S/C32H32N2O8/c1-32-22(29(39)34(31(32)41)18-7-4-3-5-8-18)16-21-19(27(32)17-10-13-23(35)24(15-17)42-2)11-12-20-26(21)30(40)33(28(20)38)14-6-9-25(36)37/h3-5,7-8,10-11,13,15,20-22,26-27,35H,6,9,12,14,16H2,1-2H3,(H,36,37).